The Labute approximate surface area is 103 Å². The summed E-state index contributed by atoms with van der Waals surface area (Å²) in [6, 6.07) is 5.12. The zero-order valence-electron chi connectivity index (χ0n) is 9.87. The Morgan fingerprint density at radius 1 is 1.44 bits per heavy atom. The SMILES string of the molecule is Cc1cc(-n2nnnc2C2CC2)ccc1C(=O)O. The van der Waals surface area contributed by atoms with E-state index in [9.17, 15) is 4.79 Å². The third-order valence-corrected chi connectivity index (χ3v) is 3.12. The van der Waals surface area contributed by atoms with Gasteiger partial charge in [-0.1, -0.05) is 0 Å². The van der Waals surface area contributed by atoms with Crippen molar-refractivity contribution < 1.29 is 9.90 Å². The van der Waals surface area contributed by atoms with Crippen LogP contribution in [0.4, 0.5) is 0 Å². The molecule has 3 rings (SSSR count). The normalized spacial score (nSPS) is 14.7. The molecule has 1 aliphatic carbocycles. The highest BCUT2D eigenvalue weighted by Crippen LogP contribution is 2.39. The number of carbonyl (C=O) groups is 1. The summed E-state index contributed by atoms with van der Waals surface area (Å²) in [6.07, 6.45) is 2.24. The Morgan fingerprint density at radius 3 is 2.83 bits per heavy atom. The minimum Gasteiger partial charge on any atom is -0.478 e. The number of carboxylic acids is 1. The minimum absolute atomic E-state index is 0.305. The van der Waals surface area contributed by atoms with E-state index in [-0.39, 0.29) is 0 Å². The first-order valence-corrected chi connectivity index (χ1v) is 5.79. The molecule has 18 heavy (non-hydrogen) atoms. The average Bonchev–Trinajstić information content (AvgIpc) is 3.06. The molecule has 1 saturated carbocycles. The number of aryl methyl sites for hydroxylation is 1. The van der Waals surface area contributed by atoms with Crippen molar-refractivity contribution in [2.24, 2.45) is 0 Å². The zero-order chi connectivity index (χ0) is 12.7. The first-order valence-electron chi connectivity index (χ1n) is 5.79. The van der Waals surface area contributed by atoms with Gasteiger partial charge in [-0.2, -0.15) is 4.68 Å². The maximum absolute atomic E-state index is 11.0. The van der Waals surface area contributed by atoms with E-state index < -0.39 is 5.97 Å². The predicted octanol–water partition coefficient (Wildman–Crippen LogP) is 1.55. The molecule has 0 amide bonds. The molecule has 0 spiro atoms. The molecular formula is C12H12N4O2. The molecule has 0 aliphatic heterocycles. The Morgan fingerprint density at radius 2 is 2.22 bits per heavy atom. The van der Waals surface area contributed by atoms with Crippen molar-refractivity contribution in [1.82, 2.24) is 20.2 Å². The number of benzene rings is 1. The monoisotopic (exact) mass is 244 g/mol. The maximum atomic E-state index is 11.0. The standard InChI is InChI=1S/C12H12N4O2/c1-7-6-9(4-5-10(7)12(17)18)16-11(8-2-3-8)13-14-15-16/h4-6,8H,2-3H2,1H3,(H,17,18). The van der Waals surface area contributed by atoms with E-state index in [0.717, 1.165) is 24.4 Å². The quantitative estimate of drug-likeness (QED) is 0.885. The van der Waals surface area contributed by atoms with Crippen molar-refractivity contribution in [1.29, 1.82) is 0 Å². The molecule has 1 fully saturated rings. The summed E-state index contributed by atoms with van der Waals surface area (Å²) >= 11 is 0. The minimum atomic E-state index is -0.918. The summed E-state index contributed by atoms with van der Waals surface area (Å²) in [5.74, 6) is 0.384. The molecule has 6 heteroatoms. The lowest BCUT2D eigenvalue weighted by Gasteiger charge is -2.06. The Bertz CT molecular complexity index is 616. The molecule has 1 N–H and O–H groups in total. The lowest BCUT2D eigenvalue weighted by molar-refractivity contribution is 0.0696. The third kappa shape index (κ3) is 1.75. The van der Waals surface area contributed by atoms with Crippen LogP contribution in [0.25, 0.3) is 5.69 Å². The van der Waals surface area contributed by atoms with Gasteiger partial charge in [0.05, 0.1) is 11.3 Å². The van der Waals surface area contributed by atoms with Gasteiger partial charge in [-0.05, 0) is 54.0 Å². The third-order valence-electron chi connectivity index (χ3n) is 3.12. The Hall–Kier alpha value is -2.24. The number of hydrogen-bond donors (Lipinski definition) is 1. The molecule has 0 atom stereocenters. The lowest BCUT2D eigenvalue weighted by atomic mass is 10.1. The van der Waals surface area contributed by atoms with Gasteiger partial charge in [0.2, 0.25) is 0 Å². The number of tetrazole rings is 1. The van der Waals surface area contributed by atoms with Crippen LogP contribution in [0, 0.1) is 6.92 Å². The molecule has 1 aromatic heterocycles. The molecule has 2 aromatic rings. The fourth-order valence-electron chi connectivity index (χ4n) is 1.99. The number of nitrogens with zero attached hydrogens (tertiary/aromatic N) is 4. The molecule has 1 aromatic carbocycles. The van der Waals surface area contributed by atoms with Gasteiger partial charge in [0.25, 0.3) is 0 Å². The van der Waals surface area contributed by atoms with Crippen molar-refractivity contribution in [3.63, 3.8) is 0 Å². The Kier molecular flexibility index (Phi) is 2.36. The van der Waals surface area contributed by atoms with Crippen molar-refractivity contribution >= 4 is 5.97 Å². The second kappa shape index (κ2) is 3.90. The van der Waals surface area contributed by atoms with E-state index in [1.165, 1.54) is 0 Å². The molecule has 0 saturated heterocycles. The molecule has 1 aliphatic rings. The van der Waals surface area contributed by atoms with E-state index in [2.05, 4.69) is 15.5 Å². The van der Waals surface area contributed by atoms with Gasteiger partial charge in [-0.15, -0.1) is 5.10 Å². The molecule has 6 nitrogen and oxygen atoms in total. The highest BCUT2D eigenvalue weighted by atomic mass is 16.4. The number of carboxylic acid groups (broad SMARTS) is 1. The smallest absolute Gasteiger partial charge is 0.335 e. The summed E-state index contributed by atoms with van der Waals surface area (Å²) in [6.45, 7) is 1.77. The van der Waals surface area contributed by atoms with Crippen LogP contribution < -0.4 is 0 Å². The van der Waals surface area contributed by atoms with Crippen LogP contribution in [0.15, 0.2) is 18.2 Å². The van der Waals surface area contributed by atoms with E-state index >= 15 is 0 Å². The van der Waals surface area contributed by atoms with Crippen LogP contribution in [0.3, 0.4) is 0 Å². The van der Waals surface area contributed by atoms with E-state index in [4.69, 9.17) is 5.11 Å². The van der Waals surface area contributed by atoms with Crippen LogP contribution in [0.1, 0.15) is 40.5 Å². The second-order valence-corrected chi connectivity index (χ2v) is 4.53. The van der Waals surface area contributed by atoms with Crippen molar-refractivity contribution in [2.45, 2.75) is 25.7 Å². The highest BCUT2D eigenvalue weighted by Gasteiger charge is 2.30. The van der Waals surface area contributed by atoms with Gasteiger partial charge in [0.1, 0.15) is 0 Å². The van der Waals surface area contributed by atoms with Gasteiger partial charge in [-0.25, -0.2) is 4.79 Å². The summed E-state index contributed by atoms with van der Waals surface area (Å²) in [5, 5.41) is 20.7. The zero-order valence-corrected chi connectivity index (χ0v) is 9.87. The van der Waals surface area contributed by atoms with Gasteiger partial charge in [0.15, 0.2) is 5.82 Å². The van der Waals surface area contributed by atoms with E-state index in [0.29, 0.717) is 17.0 Å². The van der Waals surface area contributed by atoms with Crippen LogP contribution in [-0.2, 0) is 0 Å². The molecular weight excluding hydrogens is 232 g/mol. The average molecular weight is 244 g/mol. The highest BCUT2D eigenvalue weighted by molar-refractivity contribution is 5.89. The maximum Gasteiger partial charge on any atom is 0.335 e. The van der Waals surface area contributed by atoms with Gasteiger partial charge >= 0.3 is 5.97 Å². The molecule has 1 heterocycles. The Balaban J connectivity index is 2.04. The number of aromatic carboxylic acids is 1. The van der Waals surface area contributed by atoms with Crippen molar-refractivity contribution in [3.8, 4) is 5.69 Å². The summed E-state index contributed by atoms with van der Waals surface area (Å²) in [4.78, 5) is 11.0. The fraction of sp³-hybridized carbons (Fsp3) is 0.333. The number of rotatable bonds is 3. The molecule has 0 radical (unpaired) electrons. The van der Waals surface area contributed by atoms with Crippen LogP contribution in [0.5, 0.6) is 0 Å². The topological polar surface area (TPSA) is 80.9 Å². The molecule has 0 unspecified atom stereocenters. The van der Waals surface area contributed by atoms with Gasteiger partial charge in [-0.3, -0.25) is 0 Å². The van der Waals surface area contributed by atoms with E-state index in [1.807, 2.05) is 0 Å². The number of hydrogen-bond acceptors (Lipinski definition) is 4. The fourth-order valence-corrected chi connectivity index (χ4v) is 1.99. The van der Waals surface area contributed by atoms with Crippen LogP contribution in [0.2, 0.25) is 0 Å². The summed E-state index contributed by atoms with van der Waals surface area (Å²) in [7, 11) is 0. The van der Waals surface area contributed by atoms with Crippen molar-refractivity contribution in [3.05, 3.63) is 35.2 Å². The number of aromatic nitrogens is 4. The second-order valence-electron chi connectivity index (χ2n) is 4.53. The van der Waals surface area contributed by atoms with E-state index in [1.54, 1.807) is 29.8 Å². The van der Waals surface area contributed by atoms with Crippen LogP contribution >= 0.6 is 0 Å². The van der Waals surface area contributed by atoms with Crippen molar-refractivity contribution in [2.75, 3.05) is 0 Å². The first kappa shape index (κ1) is 10.9. The van der Waals surface area contributed by atoms with Gasteiger partial charge in [0, 0.05) is 5.92 Å². The van der Waals surface area contributed by atoms with Gasteiger partial charge < -0.3 is 5.11 Å². The van der Waals surface area contributed by atoms with Crippen LogP contribution in [-0.4, -0.2) is 31.3 Å². The summed E-state index contributed by atoms with van der Waals surface area (Å²) < 4.78 is 1.69. The first-order chi connectivity index (χ1) is 8.66. The molecule has 0 bridgehead atoms. The largest absolute Gasteiger partial charge is 0.478 e. The lowest BCUT2D eigenvalue weighted by Crippen LogP contribution is -2.05. The summed E-state index contributed by atoms with van der Waals surface area (Å²) in [5.41, 5.74) is 1.82. The predicted molar refractivity (Wildman–Crippen MR) is 62.8 cm³/mol. The molecule has 92 valence electrons.